The molecule has 1 rings (SSSR count). The van der Waals surface area contributed by atoms with Crippen molar-refractivity contribution in [3.05, 3.63) is 33.8 Å². The predicted octanol–water partition coefficient (Wildman–Crippen LogP) is 2.96. The second kappa shape index (κ2) is 6.78. The van der Waals surface area contributed by atoms with Gasteiger partial charge >= 0.3 is 0 Å². The van der Waals surface area contributed by atoms with Crippen molar-refractivity contribution in [3.8, 4) is 0 Å². The summed E-state index contributed by atoms with van der Waals surface area (Å²) in [4.78, 5) is 0. The van der Waals surface area contributed by atoms with E-state index in [-0.39, 0.29) is 0 Å². The van der Waals surface area contributed by atoms with Crippen LogP contribution in [0.15, 0.2) is 22.7 Å². The Balaban J connectivity index is 2.43. The van der Waals surface area contributed by atoms with Gasteiger partial charge in [-0.15, -0.1) is 0 Å². The summed E-state index contributed by atoms with van der Waals surface area (Å²) in [5.74, 6) is 0.749. The Kier molecular flexibility index (Phi) is 6.00. The van der Waals surface area contributed by atoms with Crippen molar-refractivity contribution in [2.75, 3.05) is 18.6 Å². The number of benzene rings is 1. The van der Waals surface area contributed by atoms with E-state index in [4.69, 9.17) is 0 Å². The standard InChI is InChI=1S/C13H20BrNOS/c1-10-6-11(4-5-12(10)14)7-15-8-13(2,16)9-17-3/h4-6,15-16H,7-9H2,1-3H3. The molecule has 0 aliphatic heterocycles. The van der Waals surface area contributed by atoms with Crippen LogP contribution < -0.4 is 5.32 Å². The Morgan fingerprint density at radius 2 is 2.18 bits per heavy atom. The highest BCUT2D eigenvalue weighted by Gasteiger charge is 2.18. The Morgan fingerprint density at radius 3 is 2.76 bits per heavy atom. The maximum absolute atomic E-state index is 10.0. The zero-order chi connectivity index (χ0) is 12.9. The van der Waals surface area contributed by atoms with E-state index in [2.05, 4.69) is 46.4 Å². The minimum atomic E-state index is -0.635. The molecule has 0 aromatic heterocycles. The van der Waals surface area contributed by atoms with Gasteiger partial charge < -0.3 is 10.4 Å². The quantitative estimate of drug-likeness (QED) is 0.846. The Bertz CT molecular complexity index is 368. The molecule has 1 unspecified atom stereocenters. The molecule has 0 fully saturated rings. The normalized spacial score (nSPS) is 14.6. The third-order valence-corrected chi connectivity index (χ3v) is 4.31. The molecule has 96 valence electrons. The molecular formula is C13H20BrNOS. The van der Waals surface area contributed by atoms with Crippen molar-refractivity contribution < 1.29 is 5.11 Å². The molecule has 1 aromatic rings. The van der Waals surface area contributed by atoms with E-state index in [0.29, 0.717) is 6.54 Å². The average molecular weight is 318 g/mol. The average Bonchev–Trinajstić information content (AvgIpc) is 2.23. The van der Waals surface area contributed by atoms with Crippen molar-refractivity contribution >= 4 is 27.7 Å². The van der Waals surface area contributed by atoms with Gasteiger partial charge in [0.1, 0.15) is 0 Å². The highest BCUT2D eigenvalue weighted by Crippen LogP contribution is 2.17. The molecule has 0 spiro atoms. The Morgan fingerprint density at radius 1 is 1.47 bits per heavy atom. The first kappa shape index (κ1) is 15.0. The zero-order valence-corrected chi connectivity index (χ0v) is 13.0. The second-order valence-electron chi connectivity index (χ2n) is 4.62. The molecule has 0 heterocycles. The summed E-state index contributed by atoms with van der Waals surface area (Å²) < 4.78 is 1.13. The summed E-state index contributed by atoms with van der Waals surface area (Å²) >= 11 is 5.15. The van der Waals surface area contributed by atoms with Gasteiger partial charge in [0.25, 0.3) is 0 Å². The van der Waals surface area contributed by atoms with Gasteiger partial charge in [0, 0.05) is 23.3 Å². The molecular weight excluding hydrogens is 298 g/mol. The number of thioether (sulfide) groups is 1. The van der Waals surface area contributed by atoms with E-state index < -0.39 is 5.60 Å². The van der Waals surface area contributed by atoms with Crippen LogP contribution in [0.2, 0.25) is 0 Å². The first-order valence-electron chi connectivity index (χ1n) is 5.62. The fraction of sp³-hybridized carbons (Fsp3) is 0.538. The first-order valence-corrected chi connectivity index (χ1v) is 7.80. The van der Waals surface area contributed by atoms with Crippen LogP contribution in [0, 0.1) is 6.92 Å². The SMILES string of the molecule is CSCC(C)(O)CNCc1ccc(Br)c(C)c1. The summed E-state index contributed by atoms with van der Waals surface area (Å²) in [7, 11) is 0. The maximum Gasteiger partial charge on any atom is 0.0833 e. The van der Waals surface area contributed by atoms with Crippen LogP contribution in [0.1, 0.15) is 18.1 Å². The number of aliphatic hydroxyl groups is 1. The number of hydrogen-bond donors (Lipinski definition) is 2. The minimum absolute atomic E-state index is 0.614. The van der Waals surface area contributed by atoms with Crippen LogP contribution in [0.3, 0.4) is 0 Å². The third-order valence-electron chi connectivity index (χ3n) is 2.51. The number of halogens is 1. The zero-order valence-electron chi connectivity index (χ0n) is 10.6. The summed E-state index contributed by atoms with van der Waals surface area (Å²) in [6, 6.07) is 6.31. The lowest BCUT2D eigenvalue weighted by Gasteiger charge is -2.22. The maximum atomic E-state index is 10.0. The van der Waals surface area contributed by atoms with Gasteiger partial charge in [-0.1, -0.05) is 28.1 Å². The number of hydrogen-bond acceptors (Lipinski definition) is 3. The lowest BCUT2D eigenvalue weighted by atomic mass is 10.1. The molecule has 0 saturated heterocycles. The predicted molar refractivity (Wildman–Crippen MR) is 79.6 cm³/mol. The van der Waals surface area contributed by atoms with E-state index in [0.717, 1.165) is 16.8 Å². The lowest BCUT2D eigenvalue weighted by Crippen LogP contribution is -2.39. The fourth-order valence-corrected chi connectivity index (χ4v) is 2.63. The van der Waals surface area contributed by atoms with Gasteiger partial charge in [-0.05, 0) is 37.3 Å². The van der Waals surface area contributed by atoms with Crippen LogP contribution in [-0.2, 0) is 6.54 Å². The third kappa shape index (κ3) is 5.42. The minimum Gasteiger partial charge on any atom is -0.388 e. The molecule has 2 N–H and O–H groups in total. The highest BCUT2D eigenvalue weighted by molar-refractivity contribution is 9.10. The molecule has 0 radical (unpaired) electrons. The van der Waals surface area contributed by atoms with E-state index in [9.17, 15) is 5.11 Å². The second-order valence-corrected chi connectivity index (χ2v) is 6.34. The van der Waals surface area contributed by atoms with Crippen LogP contribution in [0.25, 0.3) is 0 Å². The van der Waals surface area contributed by atoms with Gasteiger partial charge in [-0.25, -0.2) is 0 Å². The largest absolute Gasteiger partial charge is 0.388 e. The van der Waals surface area contributed by atoms with Gasteiger partial charge in [-0.3, -0.25) is 0 Å². The Labute approximate surface area is 116 Å². The van der Waals surface area contributed by atoms with Crippen molar-refractivity contribution in [3.63, 3.8) is 0 Å². The summed E-state index contributed by atoms with van der Waals surface area (Å²) in [5, 5.41) is 13.3. The molecule has 4 heteroatoms. The molecule has 0 aliphatic carbocycles. The summed E-state index contributed by atoms with van der Waals surface area (Å²) in [6.07, 6.45) is 2.01. The molecule has 17 heavy (non-hydrogen) atoms. The van der Waals surface area contributed by atoms with Crippen LogP contribution in [0.5, 0.6) is 0 Å². The van der Waals surface area contributed by atoms with E-state index >= 15 is 0 Å². The van der Waals surface area contributed by atoms with Crippen LogP contribution in [0.4, 0.5) is 0 Å². The van der Waals surface area contributed by atoms with Gasteiger partial charge in [0.15, 0.2) is 0 Å². The molecule has 1 aromatic carbocycles. The van der Waals surface area contributed by atoms with E-state index in [1.165, 1.54) is 11.1 Å². The molecule has 2 nitrogen and oxygen atoms in total. The number of rotatable bonds is 6. The smallest absolute Gasteiger partial charge is 0.0833 e. The first-order chi connectivity index (χ1) is 7.94. The Hall–Kier alpha value is -0.0300. The molecule has 0 saturated carbocycles. The van der Waals surface area contributed by atoms with Gasteiger partial charge in [-0.2, -0.15) is 11.8 Å². The molecule has 0 amide bonds. The molecule has 0 bridgehead atoms. The van der Waals surface area contributed by atoms with E-state index in [1.54, 1.807) is 11.8 Å². The van der Waals surface area contributed by atoms with Crippen molar-refractivity contribution in [1.82, 2.24) is 5.32 Å². The van der Waals surface area contributed by atoms with E-state index in [1.807, 2.05) is 13.2 Å². The van der Waals surface area contributed by atoms with Crippen molar-refractivity contribution in [1.29, 1.82) is 0 Å². The molecule has 1 atom stereocenters. The fourth-order valence-electron chi connectivity index (χ4n) is 1.65. The monoisotopic (exact) mass is 317 g/mol. The van der Waals surface area contributed by atoms with Gasteiger partial charge in [0.2, 0.25) is 0 Å². The molecule has 0 aliphatic rings. The van der Waals surface area contributed by atoms with Crippen LogP contribution in [-0.4, -0.2) is 29.3 Å². The van der Waals surface area contributed by atoms with Gasteiger partial charge in [0.05, 0.1) is 5.60 Å². The highest BCUT2D eigenvalue weighted by atomic mass is 79.9. The van der Waals surface area contributed by atoms with Crippen molar-refractivity contribution in [2.24, 2.45) is 0 Å². The summed E-state index contributed by atoms with van der Waals surface area (Å²) in [6.45, 7) is 5.35. The van der Waals surface area contributed by atoms with Crippen molar-refractivity contribution in [2.45, 2.75) is 26.0 Å². The number of aryl methyl sites for hydroxylation is 1. The topological polar surface area (TPSA) is 32.3 Å². The summed E-state index contributed by atoms with van der Waals surface area (Å²) in [5.41, 5.74) is 1.84. The van der Waals surface area contributed by atoms with Crippen LogP contribution >= 0.6 is 27.7 Å². The lowest BCUT2D eigenvalue weighted by molar-refractivity contribution is 0.0846. The number of nitrogens with one attached hydrogen (secondary N) is 1.